The highest BCUT2D eigenvalue weighted by molar-refractivity contribution is 5.85. The number of nitrogens with two attached hydrogens (primary N) is 1. The van der Waals surface area contributed by atoms with Crippen LogP contribution in [-0.2, 0) is 17.8 Å². The van der Waals surface area contributed by atoms with E-state index < -0.39 is 0 Å². The van der Waals surface area contributed by atoms with Crippen molar-refractivity contribution in [2.75, 3.05) is 0 Å². The van der Waals surface area contributed by atoms with E-state index in [0.717, 1.165) is 44.6 Å². The first-order chi connectivity index (χ1) is 13.7. The summed E-state index contributed by atoms with van der Waals surface area (Å²) in [6.07, 6.45) is 12.3. The summed E-state index contributed by atoms with van der Waals surface area (Å²) in [6.45, 7) is 1.10. The predicted octanol–water partition coefficient (Wildman–Crippen LogP) is 4.96. The Morgan fingerprint density at radius 1 is 1.03 bits per heavy atom. The minimum absolute atomic E-state index is 0. The van der Waals surface area contributed by atoms with E-state index in [2.05, 4.69) is 40.2 Å². The molecule has 160 valence electrons. The number of fused-ring (bicyclic) bond motifs is 1. The van der Waals surface area contributed by atoms with Crippen molar-refractivity contribution in [2.24, 2.45) is 11.7 Å². The fourth-order valence-electron chi connectivity index (χ4n) is 5.12. The average molecular weight is 418 g/mol. The summed E-state index contributed by atoms with van der Waals surface area (Å²) < 4.78 is 2.50. The van der Waals surface area contributed by atoms with Gasteiger partial charge in [-0.15, -0.1) is 12.4 Å². The van der Waals surface area contributed by atoms with Crippen molar-refractivity contribution in [2.45, 2.75) is 89.3 Å². The third-order valence-electron chi connectivity index (χ3n) is 6.81. The fourth-order valence-corrected chi connectivity index (χ4v) is 5.12. The third-order valence-corrected chi connectivity index (χ3v) is 6.81. The molecule has 4 rings (SSSR count). The number of hydrogen-bond acceptors (Lipinski definition) is 2. The number of nitrogens with zero attached hydrogens (tertiary/aromatic N) is 1. The Morgan fingerprint density at radius 3 is 2.52 bits per heavy atom. The first kappa shape index (κ1) is 22.2. The van der Waals surface area contributed by atoms with Crippen LogP contribution in [0.3, 0.4) is 0 Å². The number of halogens is 1. The molecule has 1 aromatic heterocycles. The monoisotopic (exact) mass is 417 g/mol. The van der Waals surface area contributed by atoms with E-state index in [1.807, 2.05) is 0 Å². The van der Waals surface area contributed by atoms with Gasteiger partial charge in [-0.3, -0.25) is 4.79 Å². The van der Waals surface area contributed by atoms with Crippen molar-refractivity contribution in [3.8, 4) is 0 Å². The lowest BCUT2D eigenvalue weighted by atomic mass is 9.89. The molecule has 0 bridgehead atoms. The molecular formula is C24H36ClN3O. The Labute approximate surface area is 181 Å². The van der Waals surface area contributed by atoms with E-state index in [4.69, 9.17) is 5.73 Å². The smallest absolute Gasteiger partial charge is 0.220 e. The first-order valence-electron chi connectivity index (χ1n) is 11.3. The summed E-state index contributed by atoms with van der Waals surface area (Å²) in [5.41, 5.74) is 8.61. The van der Waals surface area contributed by atoms with Gasteiger partial charge in [-0.25, -0.2) is 0 Å². The average Bonchev–Trinajstić information content (AvgIpc) is 3.06. The number of aromatic nitrogens is 1. The van der Waals surface area contributed by atoms with Crippen LogP contribution >= 0.6 is 12.4 Å². The molecule has 1 amide bonds. The Balaban J connectivity index is 0.00000240. The zero-order valence-corrected chi connectivity index (χ0v) is 18.3. The summed E-state index contributed by atoms with van der Waals surface area (Å²) in [6, 6.07) is 11.6. The molecule has 1 heterocycles. The van der Waals surface area contributed by atoms with Gasteiger partial charge in [-0.1, -0.05) is 37.5 Å². The Bertz CT molecular complexity index is 789. The molecule has 3 N–H and O–H groups in total. The molecule has 2 aromatic rings. The maximum atomic E-state index is 12.5. The van der Waals surface area contributed by atoms with Gasteiger partial charge in [0.15, 0.2) is 0 Å². The Kier molecular flexibility index (Phi) is 8.02. The molecule has 5 heteroatoms. The second kappa shape index (κ2) is 10.5. The van der Waals surface area contributed by atoms with E-state index >= 15 is 0 Å². The van der Waals surface area contributed by atoms with Crippen molar-refractivity contribution < 1.29 is 4.79 Å². The van der Waals surface area contributed by atoms with Gasteiger partial charge in [0.05, 0.1) is 0 Å². The molecule has 1 aromatic carbocycles. The van der Waals surface area contributed by atoms with Gasteiger partial charge in [0, 0.05) is 36.3 Å². The van der Waals surface area contributed by atoms with Crippen molar-refractivity contribution in [3.05, 3.63) is 36.0 Å². The van der Waals surface area contributed by atoms with E-state index in [1.54, 1.807) is 0 Å². The van der Waals surface area contributed by atoms with Gasteiger partial charge < -0.3 is 15.6 Å². The van der Waals surface area contributed by atoms with Crippen LogP contribution in [0.1, 0.15) is 69.9 Å². The van der Waals surface area contributed by atoms with Crippen LogP contribution in [-0.4, -0.2) is 22.6 Å². The van der Waals surface area contributed by atoms with Crippen molar-refractivity contribution >= 4 is 29.2 Å². The zero-order chi connectivity index (χ0) is 19.3. The van der Waals surface area contributed by atoms with Crippen LogP contribution < -0.4 is 11.1 Å². The maximum absolute atomic E-state index is 12.5. The van der Waals surface area contributed by atoms with Crippen molar-refractivity contribution in [1.82, 2.24) is 9.88 Å². The summed E-state index contributed by atoms with van der Waals surface area (Å²) in [4.78, 5) is 12.5. The summed E-state index contributed by atoms with van der Waals surface area (Å²) in [5, 5.41) is 4.54. The third kappa shape index (κ3) is 5.76. The lowest BCUT2D eigenvalue weighted by Gasteiger charge is -2.27. The van der Waals surface area contributed by atoms with Crippen LogP contribution in [0.2, 0.25) is 0 Å². The quantitative estimate of drug-likeness (QED) is 0.697. The first-order valence-corrected chi connectivity index (χ1v) is 11.3. The highest BCUT2D eigenvalue weighted by atomic mass is 35.5. The number of hydrogen-bond donors (Lipinski definition) is 2. The van der Waals surface area contributed by atoms with Gasteiger partial charge >= 0.3 is 0 Å². The SMILES string of the molecule is Cl.NC1CCC(NC(=O)CCc2cc3ccccc3n2CC2CCCCC2)CC1. The number of nitrogens with one attached hydrogen (secondary N) is 1. The number of benzene rings is 1. The number of para-hydroxylation sites is 1. The van der Waals surface area contributed by atoms with E-state index in [1.165, 1.54) is 48.7 Å². The Hall–Kier alpha value is -1.52. The molecule has 2 fully saturated rings. The van der Waals surface area contributed by atoms with Crippen LogP contribution in [0.15, 0.2) is 30.3 Å². The second-order valence-electron chi connectivity index (χ2n) is 8.99. The minimum Gasteiger partial charge on any atom is -0.353 e. The molecule has 29 heavy (non-hydrogen) atoms. The summed E-state index contributed by atoms with van der Waals surface area (Å²) >= 11 is 0. The Morgan fingerprint density at radius 2 is 1.76 bits per heavy atom. The molecule has 0 atom stereocenters. The molecule has 2 aliphatic carbocycles. The molecule has 0 aliphatic heterocycles. The zero-order valence-electron chi connectivity index (χ0n) is 17.4. The second-order valence-corrected chi connectivity index (χ2v) is 8.99. The molecule has 2 aliphatic rings. The van der Waals surface area contributed by atoms with Gasteiger partial charge in [0.2, 0.25) is 5.91 Å². The van der Waals surface area contributed by atoms with Crippen molar-refractivity contribution in [3.63, 3.8) is 0 Å². The van der Waals surface area contributed by atoms with Gasteiger partial charge in [-0.05, 0) is 68.4 Å². The topological polar surface area (TPSA) is 60.0 Å². The molecule has 0 radical (unpaired) electrons. The number of carbonyl (C=O) groups is 1. The number of aryl methyl sites for hydroxylation is 1. The maximum Gasteiger partial charge on any atom is 0.220 e. The largest absolute Gasteiger partial charge is 0.353 e. The minimum atomic E-state index is 0. The summed E-state index contributed by atoms with van der Waals surface area (Å²) in [5.74, 6) is 0.971. The molecule has 4 nitrogen and oxygen atoms in total. The molecule has 2 saturated carbocycles. The fraction of sp³-hybridized carbons (Fsp3) is 0.625. The van der Waals surface area contributed by atoms with E-state index in [0.29, 0.717) is 18.5 Å². The number of rotatable bonds is 6. The standard InChI is InChI=1S/C24H35N3O.ClH/c25-20-10-12-21(13-11-20)26-24(28)15-14-22-16-19-8-4-5-9-23(19)27(22)17-18-6-2-1-3-7-18;/h4-5,8-9,16,18,20-21H,1-3,6-7,10-15,17,25H2,(H,26,28);1H. The predicted molar refractivity (Wildman–Crippen MR) is 122 cm³/mol. The number of amides is 1. The van der Waals surface area contributed by atoms with E-state index in [-0.39, 0.29) is 18.3 Å². The molecule has 0 saturated heterocycles. The lowest BCUT2D eigenvalue weighted by molar-refractivity contribution is -0.122. The van der Waals surface area contributed by atoms with Gasteiger partial charge in [0.1, 0.15) is 0 Å². The van der Waals surface area contributed by atoms with E-state index in [9.17, 15) is 4.79 Å². The lowest BCUT2D eigenvalue weighted by Crippen LogP contribution is -2.40. The molecule has 0 unspecified atom stereocenters. The van der Waals surface area contributed by atoms with Crippen LogP contribution in [0.25, 0.3) is 10.9 Å². The normalized spacial score (nSPS) is 22.9. The van der Waals surface area contributed by atoms with Crippen LogP contribution in [0.5, 0.6) is 0 Å². The van der Waals surface area contributed by atoms with Crippen LogP contribution in [0, 0.1) is 5.92 Å². The number of carbonyl (C=O) groups excluding carboxylic acids is 1. The van der Waals surface area contributed by atoms with Gasteiger partial charge in [-0.2, -0.15) is 0 Å². The molecular weight excluding hydrogens is 382 g/mol. The highest BCUT2D eigenvalue weighted by Gasteiger charge is 2.21. The van der Waals surface area contributed by atoms with Crippen LogP contribution in [0.4, 0.5) is 0 Å². The van der Waals surface area contributed by atoms with Gasteiger partial charge in [0.25, 0.3) is 0 Å². The molecule has 0 spiro atoms. The highest BCUT2D eigenvalue weighted by Crippen LogP contribution is 2.29. The van der Waals surface area contributed by atoms with Crippen molar-refractivity contribution in [1.29, 1.82) is 0 Å². The summed E-state index contributed by atoms with van der Waals surface area (Å²) in [7, 11) is 0.